The van der Waals surface area contributed by atoms with E-state index in [0.29, 0.717) is 23.3 Å². The van der Waals surface area contributed by atoms with Crippen molar-refractivity contribution in [3.8, 4) is 6.07 Å². The first-order valence-corrected chi connectivity index (χ1v) is 7.29. The number of aromatic nitrogens is 3. The lowest BCUT2D eigenvalue weighted by Crippen LogP contribution is -2.47. The summed E-state index contributed by atoms with van der Waals surface area (Å²) in [6, 6.07) is 2.96. The van der Waals surface area contributed by atoms with E-state index in [9.17, 15) is 5.11 Å². The van der Waals surface area contributed by atoms with Gasteiger partial charge >= 0.3 is 0 Å². The van der Waals surface area contributed by atoms with Gasteiger partial charge in [-0.1, -0.05) is 0 Å². The Labute approximate surface area is 122 Å². The van der Waals surface area contributed by atoms with Gasteiger partial charge in [0, 0.05) is 30.0 Å². The molecule has 108 valence electrons. The molecule has 0 amide bonds. The molecule has 6 heteroatoms. The average Bonchev–Trinajstić information content (AvgIpc) is 2.98. The second-order valence-electron chi connectivity index (χ2n) is 6.27. The minimum atomic E-state index is -0.835. The number of nitrogens with zero attached hydrogens (tertiary/aromatic N) is 5. The minimum absolute atomic E-state index is 0.441. The standard InChI is InChI=1S/C15H17N5O/c1-19-12-2-3-13(19)5-15(21,4-12)11-8-17-14-10(6-16)7-18-20(14)9-11/h7-9,12-13,21H,2-5H2,1H3. The third-order valence-corrected chi connectivity index (χ3v) is 5.15. The second kappa shape index (κ2) is 4.26. The summed E-state index contributed by atoms with van der Waals surface area (Å²) < 4.78 is 1.59. The van der Waals surface area contributed by atoms with Crippen LogP contribution in [0.5, 0.6) is 0 Å². The monoisotopic (exact) mass is 283 g/mol. The van der Waals surface area contributed by atoms with Crippen LogP contribution in [0.1, 0.15) is 36.8 Å². The fraction of sp³-hybridized carbons (Fsp3) is 0.533. The molecule has 4 rings (SSSR count). The Hall–Kier alpha value is -1.97. The van der Waals surface area contributed by atoms with E-state index in [0.717, 1.165) is 31.2 Å². The molecule has 0 aliphatic carbocycles. The largest absolute Gasteiger partial charge is 0.385 e. The second-order valence-corrected chi connectivity index (χ2v) is 6.27. The maximum atomic E-state index is 11.1. The summed E-state index contributed by atoms with van der Waals surface area (Å²) in [6.45, 7) is 0. The zero-order valence-electron chi connectivity index (χ0n) is 11.9. The van der Waals surface area contributed by atoms with Gasteiger partial charge < -0.3 is 10.0 Å². The predicted octanol–water partition coefficient (Wildman–Crippen LogP) is 1.05. The molecule has 0 radical (unpaired) electrons. The molecular formula is C15H17N5O. The fourth-order valence-electron chi connectivity index (χ4n) is 3.87. The van der Waals surface area contributed by atoms with Gasteiger partial charge in [-0.15, -0.1) is 0 Å². The molecule has 2 fully saturated rings. The molecule has 2 aliphatic heterocycles. The highest BCUT2D eigenvalue weighted by molar-refractivity contribution is 5.53. The molecule has 6 nitrogen and oxygen atoms in total. The molecule has 21 heavy (non-hydrogen) atoms. The van der Waals surface area contributed by atoms with Crippen LogP contribution in [-0.2, 0) is 5.60 Å². The maximum Gasteiger partial charge on any atom is 0.172 e. The van der Waals surface area contributed by atoms with E-state index in [1.165, 1.54) is 6.20 Å². The van der Waals surface area contributed by atoms with E-state index in [2.05, 4.69) is 28.1 Å². The summed E-state index contributed by atoms with van der Waals surface area (Å²) >= 11 is 0. The van der Waals surface area contributed by atoms with Gasteiger partial charge in [-0.05, 0) is 32.7 Å². The molecule has 2 atom stereocenters. The smallest absolute Gasteiger partial charge is 0.172 e. The summed E-state index contributed by atoms with van der Waals surface area (Å²) in [5.41, 5.74) is 0.962. The van der Waals surface area contributed by atoms with Crippen molar-refractivity contribution in [2.24, 2.45) is 0 Å². The summed E-state index contributed by atoms with van der Waals surface area (Å²) in [5, 5.41) is 24.2. The van der Waals surface area contributed by atoms with Crippen molar-refractivity contribution in [1.29, 1.82) is 5.26 Å². The average molecular weight is 283 g/mol. The summed E-state index contributed by atoms with van der Waals surface area (Å²) in [6.07, 6.45) is 8.79. The molecule has 1 N–H and O–H groups in total. The number of hydrogen-bond donors (Lipinski definition) is 1. The Bertz CT molecular complexity index is 732. The molecule has 0 spiro atoms. The molecule has 0 aromatic carbocycles. The Kier molecular flexibility index (Phi) is 2.59. The number of rotatable bonds is 1. The SMILES string of the molecule is CN1C2CCC1CC(O)(c1cnc3c(C#N)cnn3c1)C2. The van der Waals surface area contributed by atoms with Crippen molar-refractivity contribution < 1.29 is 5.11 Å². The quantitative estimate of drug-likeness (QED) is 0.846. The first kappa shape index (κ1) is 12.7. The van der Waals surface area contributed by atoms with Gasteiger partial charge in [0.15, 0.2) is 5.65 Å². The highest BCUT2D eigenvalue weighted by Gasteiger charge is 2.47. The van der Waals surface area contributed by atoms with Crippen molar-refractivity contribution in [2.75, 3.05) is 7.05 Å². The van der Waals surface area contributed by atoms with Crippen LogP contribution in [0.3, 0.4) is 0 Å². The zero-order chi connectivity index (χ0) is 14.6. The molecule has 2 bridgehead atoms. The highest BCUT2D eigenvalue weighted by atomic mass is 16.3. The summed E-state index contributed by atoms with van der Waals surface area (Å²) in [5.74, 6) is 0. The lowest BCUT2D eigenvalue weighted by atomic mass is 9.82. The Morgan fingerprint density at radius 3 is 2.71 bits per heavy atom. The number of hydrogen-bond acceptors (Lipinski definition) is 5. The molecule has 2 aliphatic rings. The Morgan fingerprint density at radius 2 is 2.05 bits per heavy atom. The topological polar surface area (TPSA) is 77.4 Å². The highest BCUT2D eigenvalue weighted by Crippen LogP contribution is 2.44. The van der Waals surface area contributed by atoms with Gasteiger partial charge in [-0.25, -0.2) is 9.50 Å². The van der Waals surface area contributed by atoms with Crippen molar-refractivity contribution in [3.05, 3.63) is 29.7 Å². The molecule has 2 unspecified atom stereocenters. The van der Waals surface area contributed by atoms with Crippen LogP contribution in [-0.4, -0.2) is 43.7 Å². The van der Waals surface area contributed by atoms with E-state index in [-0.39, 0.29) is 0 Å². The van der Waals surface area contributed by atoms with Gasteiger partial charge in [0.1, 0.15) is 11.6 Å². The third kappa shape index (κ3) is 1.78. The summed E-state index contributed by atoms with van der Waals surface area (Å²) in [7, 11) is 2.15. The zero-order valence-corrected chi connectivity index (χ0v) is 11.9. The van der Waals surface area contributed by atoms with Crippen LogP contribution >= 0.6 is 0 Å². The molecule has 2 aromatic heterocycles. The molecule has 4 heterocycles. The van der Waals surface area contributed by atoms with E-state index in [1.807, 2.05) is 6.20 Å². The van der Waals surface area contributed by atoms with Crippen LogP contribution < -0.4 is 0 Å². The van der Waals surface area contributed by atoms with Crippen LogP contribution in [0.15, 0.2) is 18.6 Å². The summed E-state index contributed by atoms with van der Waals surface area (Å²) in [4.78, 5) is 6.72. The van der Waals surface area contributed by atoms with E-state index in [4.69, 9.17) is 5.26 Å². The number of nitriles is 1. The Morgan fingerprint density at radius 1 is 1.33 bits per heavy atom. The fourth-order valence-corrected chi connectivity index (χ4v) is 3.87. The Balaban J connectivity index is 1.75. The van der Waals surface area contributed by atoms with Crippen molar-refractivity contribution in [1.82, 2.24) is 19.5 Å². The van der Waals surface area contributed by atoms with Gasteiger partial charge in [-0.2, -0.15) is 10.4 Å². The van der Waals surface area contributed by atoms with Gasteiger partial charge in [-0.3, -0.25) is 0 Å². The minimum Gasteiger partial charge on any atom is -0.385 e. The first-order chi connectivity index (χ1) is 10.1. The molecular weight excluding hydrogens is 266 g/mol. The lowest BCUT2D eigenvalue weighted by molar-refractivity contribution is -0.0498. The number of piperidine rings is 1. The molecule has 0 saturated carbocycles. The van der Waals surface area contributed by atoms with Crippen LogP contribution in [0, 0.1) is 11.3 Å². The number of aliphatic hydroxyl groups is 1. The molecule has 2 saturated heterocycles. The van der Waals surface area contributed by atoms with Gasteiger partial charge in [0.2, 0.25) is 0 Å². The molecule has 2 aromatic rings. The van der Waals surface area contributed by atoms with Crippen LogP contribution in [0.2, 0.25) is 0 Å². The van der Waals surface area contributed by atoms with E-state index < -0.39 is 5.60 Å². The number of fused-ring (bicyclic) bond motifs is 3. The van der Waals surface area contributed by atoms with Crippen molar-refractivity contribution in [3.63, 3.8) is 0 Å². The van der Waals surface area contributed by atoms with Crippen molar-refractivity contribution in [2.45, 2.75) is 43.4 Å². The van der Waals surface area contributed by atoms with Crippen molar-refractivity contribution >= 4 is 5.65 Å². The van der Waals surface area contributed by atoms with E-state index in [1.54, 1.807) is 10.7 Å². The van der Waals surface area contributed by atoms with Gasteiger partial charge in [0.05, 0.1) is 11.8 Å². The van der Waals surface area contributed by atoms with Crippen LogP contribution in [0.25, 0.3) is 5.65 Å². The lowest BCUT2D eigenvalue weighted by Gasteiger charge is -2.42. The van der Waals surface area contributed by atoms with Gasteiger partial charge in [0.25, 0.3) is 0 Å². The first-order valence-electron chi connectivity index (χ1n) is 7.29. The third-order valence-electron chi connectivity index (χ3n) is 5.15. The van der Waals surface area contributed by atoms with Crippen LogP contribution in [0.4, 0.5) is 0 Å². The van der Waals surface area contributed by atoms with E-state index >= 15 is 0 Å². The normalized spacial score (nSPS) is 32.4. The maximum absolute atomic E-state index is 11.1. The predicted molar refractivity (Wildman–Crippen MR) is 75.4 cm³/mol.